The Hall–Kier alpha value is -2.53. The number of hydrogen-bond donors (Lipinski definition) is 0. The first-order valence-electron chi connectivity index (χ1n) is 9.29. The molecule has 2 heterocycles. The van der Waals surface area contributed by atoms with Crippen molar-refractivity contribution in [3.63, 3.8) is 0 Å². The van der Waals surface area contributed by atoms with Crippen LogP contribution in [0.1, 0.15) is 18.4 Å². The highest BCUT2D eigenvalue weighted by atomic mass is 19.1. The van der Waals surface area contributed by atoms with Crippen LogP contribution in [-0.4, -0.2) is 34.6 Å². The fourth-order valence-corrected chi connectivity index (χ4v) is 4.08. The Morgan fingerprint density at radius 1 is 0.963 bits per heavy atom. The van der Waals surface area contributed by atoms with Crippen LogP contribution in [0.15, 0.2) is 60.9 Å². The molecule has 4 rings (SSSR count). The number of rotatable bonds is 4. The molecule has 1 aromatic heterocycles. The quantitative estimate of drug-likeness (QED) is 0.677. The van der Waals surface area contributed by atoms with E-state index in [9.17, 15) is 8.78 Å². The van der Waals surface area contributed by atoms with Crippen LogP contribution in [-0.2, 0) is 12.0 Å². The van der Waals surface area contributed by atoms with Crippen LogP contribution in [0.4, 0.5) is 8.78 Å². The van der Waals surface area contributed by atoms with Gasteiger partial charge in [-0.15, -0.1) is 0 Å². The maximum atomic E-state index is 14.3. The van der Waals surface area contributed by atoms with E-state index in [0.717, 1.165) is 25.9 Å². The average Bonchev–Trinajstić information content (AvgIpc) is 3.12. The van der Waals surface area contributed by atoms with Gasteiger partial charge < -0.3 is 9.47 Å². The van der Waals surface area contributed by atoms with Gasteiger partial charge in [0.2, 0.25) is 0 Å². The van der Waals surface area contributed by atoms with Crippen LogP contribution in [0.5, 0.6) is 0 Å². The Morgan fingerprint density at radius 3 is 2.30 bits per heavy atom. The van der Waals surface area contributed by atoms with E-state index in [4.69, 9.17) is 0 Å². The normalized spacial score (nSPS) is 17.1. The van der Waals surface area contributed by atoms with Gasteiger partial charge in [-0.3, -0.25) is 0 Å². The number of halogens is 2. The topological polar surface area (TPSA) is 21.1 Å². The second-order valence-electron chi connectivity index (χ2n) is 7.43. The monoisotopic (exact) mass is 367 g/mol. The molecule has 2 aromatic carbocycles. The van der Waals surface area contributed by atoms with E-state index in [1.807, 2.05) is 16.8 Å². The zero-order valence-electron chi connectivity index (χ0n) is 15.4. The molecule has 0 radical (unpaired) electrons. The van der Waals surface area contributed by atoms with Crippen molar-refractivity contribution < 1.29 is 8.78 Å². The summed E-state index contributed by atoms with van der Waals surface area (Å²) in [5.74, 6) is -0.820. The highest BCUT2D eigenvalue weighted by Crippen LogP contribution is 2.38. The molecule has 1 aliphatic rings. The van der Waals surface area contributed by atoms with Crippen molar-refractivity contribution in [1.82, 2.24) is 14.5 Å². The minimum atomic E-state index is -0.584. The summed E-state index contributed by atoms with van der Waals surface area (Å²) in [7, 11) is 2.13. The van der Waals surface area contributed by atoms with Gasteiger partial charge in [-0.25, -0.2) is 13.8 Å². The molecule has 0 spiro atoms. The van der Waals surface area contributed by atoms with Crippen LogP contribution >= 0.6 is 0 Å². The van der Waals surface area contributed by atoms with Gasteiger partial charge in [0, 0.05) is 24.4 Å². The van der Waals surface area contributed by atoms with Gasteiger partial charge in [-0.2, -0.15) is 0 Å². The van der Waals surface area contributed by atoms with Gasteiger partial charge in [0.25, 0.3) is 0 Å². The first-order valence-corrected chi connectivity index (χ1v) is 9.29. The van der Waals surface area contributed by atoms with E-state index in [1.54, 1.807) is 6.20 Å². The first-order chi connectivity index (χ1) is 13.1. The predicted octanol–water partition coefficient (Wildman–Crippen LogP) is 4.49. The molecule has 5 heteroatoms. The Balaban J connectivity index is 1.75. The summed E-state index contributed by atoms with van der Waals surface area (Å²) in [6.45, 7) is 2.63. The third-order valence-corrected chi connectivity index (χ3v) is 5.71. The molecule has 27 heavy (non-hydrogen) atoms. The molecule has 1 saturated heterocycles. The molecule has 140 valence electrons. The average molecular weight is 367 g/mol. The van der Waals surface area contributed by atoms with E-state index < -0.39 is 11.6 Å². The van der Waals surface area contributed by atoms with E-state index in [2.05, 4.69) is 41.2 Å². The van der Waals surface area contributed by atoms with E-state index in [-0.39, 0.29) is 11.0 Å². The molecule has 1 aliphatic heterocycles. The Bertz CT molecular complexity index is 892. The molecular weight excluding hydrogens is 344 g/mol. The maximum absolute atomic E-state index is 14.3. The lowest BCUT2D eigenvalue weighted by molar-refractivity contribution is 0.170. The van der Waals surface area contributed by atoms with Gasteiger partial charge in [0.15, 0.2) is 0 Å². The van der Waals surface area contributed by atoms with Crippen LogP contribution in [0.2, 0.25) is 0 Å². The Morgan fingerprint density at radius 2 is 1.63 bits per heavy atom. The molecular formula is C22H23F2N3. The van der Waals surface area contributed by atoms with Crippen LogP contribution in [0.25, 0.3) is 11.4 Å². The fourth-order valence-electron chi connectivity index (χ4n) is 4.08. The zero-order chi connectivity index (χ0) is 18.9. The Labute approximate surface area is 158 Å². The third-order valence-electron chi connectivity index (χ3n) is 5.71. The molecule has 0 unspecified atom stereocenters. The first kappa shape index (κ1) is 17.9. The summed E-state index contributed by atoms with van der Waals surface area (Å²) in [5, 5.41) is 0. The van der Waals surface area contributed by atoms with Gasteiger partial charge in [-0.05, 0) is 50.7 Å². The van der Waals surface area contributed by atoms with Crippen molar-refractivity contribution in [2.75, 3.05) is 20.1 Å². The summed E-state index contributed by atoms with van der Waals surface area (Å²) in [4.78, 5) is 6.61. The fraction of sp³-hybridized carbons (Fsp3) is 0.318. The summed E-state index contributed by atoms with van der Waals surface area (Å²) in [6.07, 6.45) is 5.43. The maximum Gasteiger partial charge on any atom is 0.145 e. The van der Waals surface area contributed by atoms with Crippen molar-refractivity contribution in [3.8, 4) is 11.4 Å². The summed E-state index contributed by atoms with van der Waals surface area (Å²) < 4.78 is 30.6. The standard InChI is InChI=1S/C22H23F2N3/c1-26-13-10-22(11-14-26,17-6-3-2-4-7-17)16-27-15-12-25-21(27)20-18(23)8-5-9-19(20)24/h2-9,12,15H,10-11,13-14,16H2,1H3. The lowest BCUT2D eigenvalue weighted by atomic mass is 9.72. The van der Waals surface area contributed by atoms with E-state index in [0.29, 0.717) is 12.4 Å². The zero-order valence-corrected chi connectivity index (χ0v) is 15.4. The molecule has 0 amide bonds. The van der Waals surface area contributed by atoms with Gasteiger partial charge in [0.05, 0.1) is 5.56 Å². The molecule has 3 nitrogen and oxygen atoms in total. The van der Waals surface area contributed by atoms with Crippen LogP contribution in [0.3, 0.4) is 0 Å². The summed E-state index contributed by atoms with van der Waals surface area (Å²) in [6, 6.07) is 14.4. The minimum Gasteiger partial charge on any atom is -0.330 e. The number of benzene rings is 2. The smallest absolute Gasteiger partial charge is 0.145 e. The van der Waals surface area contributed by atoms with Gasteiger partial charge in [0.1, 0.15) is 17.5 Å². The Kier molecular flexibility index (Phi) is 4.79. The van der Waals surface area contributed by atoms with Gasteiger partial charge >= 0.3 is 0 Å². The predicted molar refractivity (Wildman–Crippen MR) is 102 cm³/mol. The van der Waals surface area contributed by atoms with Crippen molar-refractivity contribution >= 4 is 0 Å². The molecule has 0 saturated carbocycles. The van der Waals surface area contributed by atoms with E-state index >= 15 is 0 Å². The highest BCUT2D eigenvalue weighted by molar-refractivity contribution is 5.57. The van der Waals surface area contributed by atoms with Crippen LogP contribution in [0, 0.1) is 11.6 Å². The molecule has 0 N–H and O–H groups in total. The third kappa shape index (κ3) is 3.39. The van der Waals surface area contributed by atoms with Crippen molar-refractivity contribution in [2.24, 2.45) is 0 Å². The number of nitrogens with zero attached hydrogens (tertiary/aromatic N) is 3. The summed E-state index contributed by atoms with van der Waals surface area (Å²) >= 11 is 0. The van der Waals surface area contributed by atoms with Crippen molar-refractivity contribution in [1.29, 1.82) is 0 Å². The van der Waals surface area contributed by atoms with Crippen LogP contribution < -0.4 is 0 Å². The summed E-state index contributed by atoms with van der Waals surface area (Å²) in [5.41, 5.74) is 1.13. The minimum absolute atomic E-state index is 0.0568. The van der Waals surface area contributed by atoms with Crippen molar-refractivity contribution in [3.05, 3.63) is 78.1 Å². The molecule has 1 fully saturated rings. The number of piperidine rings is 1. The lowest BCUT2D eigenvalue weighted by Gasteiger charge is -2.41. The number of aromatic nitrogens is 2. The van der Waals surface area contributed by atoms with Gasteiger partial charge in [-0.1, -0.05) is 36.4 Å². The largest absolute Gasteiger partial charge is 0.330 e. The molecule has 3 aromatic rings. The SMILES string of the molecule is CN1CCC(Cn2ccnc2-c2c(F)cccc2F)(c2ccccc2)CC1. The number of imidazole rings is 1. The second-order valence-corrected chi connectivity index (χ2v) is 7.43. The number of likely N-dealkylation sites (tertiary alicyclic amines) is 1. The lowest BCUT2D eigenvalue weighted by Crippen LogP contribution is -2.43. The van der Waals surface area contributed by atoms with Crippen molar-refractivity contribution in [2.45, 2.75) is 24.8 Å². The molecule has 0 bridgehead atoms. The molecule has 0 atom stereocenters. The number of hydrogen-bond acceptors (Lipinski definition) is 2. The highest BCUT2D eigenvalue weighted by Gasteiger charge is 2.36. The van der Waals surface area contributed by atoms with E-state index in [1.165, 1.54) is 23.8 Å². The molecule has 0 aliphatic carbocycles. The second kappa shape index (κ2) is 7.24.